The first-order valence-corrected chi connectivity index (χ1v) is 8.12. The highest BCUT2D eigenvalue weighted by Gasteiger charge is 2.10. The van der Waals surface area contributed by atoms with Gasteiger partial charge < -0.3 is 14.8 Å². The molecule has 0 bridgehead atoms. The highest BCUT2D eigenvalue weighted by atomic mass is 16.5. The van der Waals surface area contributed by atoms with E-state index >= 15 is 0 Å². The van der Waals surface area contributed by atoms with Crippen molar-refractivity contribution in [2.45, 2.75) is 33.2 Å². The van der Waals surface area contributed by atoms with Crippen molar-refractivity contribution < 1.29 is 14.3 Å². The summed E-state index contributed by atoms with van der Waals surface area (Å²) in [7, 11) is 1.62. The maximum Gasteiger partial charge on any atom is 0.258 e. The second kappa shape index (κ2) is 8.39. The summed E-state index contributed by atoms with van der Waals surface area (Å²) in [5.74, 6) is 1.76. The smallest absolute Gasteiger partial charge is 0.258 e. The van der Waals surface area contributed by atoms with Gasteiger partial charge in [-0.2, -0.15) is 0 Å². The molecule has 4 nitrogen and oxygen atoms in total. The molecule has 24 heavy (non-hydrogen) atoms. The minimum atomic E-state index is -0.144. The number of carbonyl (C=O) groups is 1. The molecule has 0 aromatic heterocycles. The maximum atomic E-state index is 12.0. The molecular formula is C20H25NO3. The van der Waals surface area contributed by atoms with Gasteiger partial charge in [0.15, 0.2) is 6.61 Å². The molecule has 128 valence electrons. The Morgan fingerprint density at radius 3 is 2.67 bits per heavy atom. The van der Waals surface area contributed by atoms with Crippen LogP contribution in [0.5, 0.6) is 11.5 Å². The van der Waals surface area contributed by atoms with Gasteiger partial charge in [0.1, 0.15) is 11.5 Å². The van der Waals surface area contributed by atoms with E-state index in [4.69, 9.17) is 9.47 Å². The number of carbonyl (C=O) groups excluding carboxylic acids is 1. The van der Waals surface area contributed by atoms with Gasteiger partial charge in [-0.3, -0.25) is 4.79 Å². The van der Waals surface area contributed by atoms with Crippen LogP contribution in [0.3, 0.4) is 0 Å². The van der Waals surface area contributed by atoms with E-state index < -0.39 is 0 Å². The van der Waals surface area contributed by atoms with Crippen molar-refractivity contribution in [1.29, 1.82) is 0 Å². The molecule has 2 aromatic carbocycles. The van der Waals surface area contributed by atoms with E-state index in [-0.39, 0.29) is 12.5 Å². The Morgan fingerprint density at radius 2 is 1.96 bits per heavy atom. The predicted octanol–water partition coefficient (Wildman–Crippen LogP) is 3.82. The third-order valence-corrected chi connectivity index (χ3v) is 3.77. The average Bonchev–Trinajstić information content (AvgIpc) is 2.58. The molecule has 0 aliphatic heterocycles. The Bertz CT molecular complexity index is 695. The van der Waals surface area contributed by atoms with Crippen LogP contribution in [-0.4, -0.2) is 19.6 Å². The third-order valence-electron chi connectivity index (χ3n) is 3.77. The lowest BCUT2D eigenvalue weighted by atomic mass is 10.0. The zero-order chi connectivity index (χ0) is 17.5. The molecule has 0 fully saturated rings. The fourth-order valence-corrected chi connectivity index (χ4v) is 2.42. The highest BCUT2D eigenvalue weighted by Crippen LogP contribution is 2.27. The Hall–Kier alpha value is -2.49. The summed E-state index contributed by atoms with van der Waals surface area (Å²) in [6, 6.07) is 13.7. The molecular weight excluding hydrogens is 302 g/mol. The first-order valence-electron chi connectivity index (χ1n) is 8.12. The number of nitrogens with one attached hydrogen (secondary N) is 1. The van der Waals surface area contributed by atoms with Crippen molar-refractivity contribution >= 4 is 5.91 Å². The summed E-state index contributed by atoms with van der Waals surface area (Å²) in [6.07, 6.45) is 0. The van der Waals surface area contributed by atoms with E-state index in [9.17, 15) is 4.79 Å². The van der Waals surface area contributed by atoms with Crippen LogP contribution in [0, 0.1) is 6.92 Å². The monoisotopic (exact) mass is 327 g/mol. The number of hydrogen-bond donors (Lipinski definition) is 1. The lowest BCUT2D eigenvalue weighted by Crippen LogP contribution is -2.28. The molecule has 1 amide bonds. The lowest BCUT2D eigenvalue weighted by molar-refractivity contribution is -0.123. The molecule has 1 N–H and O–H groups in total. The van der Waals surface area contributed by atoms with E-state index in [1.54, 1.807) is 7.11 Å². The van der Waals surface area contributed by atoms with Crippen molar-refractivity contribution in [3.63, 3.8) is 0 Å². The van der Waals surface area contributed by atoms with Crippen LogP contribution < -0.4 is 14.8 Å². The van der Waals surface area contributed by atoms with Gasteiger partial charge in [0.25, 0.3) is 5.91 Å². The molecule has 0 unspecified atom stereocenters. The summed E-state index contributed by atoms with van der Waals surface area (Å²) in [6.45, 7) is 6.69. The first-order chi connectivity index (χ1) is 11.5. The van der Waals surface area contributed by atoms with Gasteiger partial charge in [-0.25, -0.2) is 0 Å². The van der Waals surface area contributed by atoms with Crippen LogP contribution in [0.1, 0.15) is 36.5 Å². The molecule has 0 saturated heterocycles. The van der Waals surface area contributed by atoms with Crippen molar-refractivity contribution in [3.05, 3.63) is 59.2 Å². The van der Waals surface area contributed by atoms with E-state index in [1.165, 1.54) is 0 Å². The Labute approximate surface area is 143 Å². The fraction of sp³-hybridized carbons (Fsp3) is 0.350. The number of hydrogen-bond acceptors (Lipinski definition) is 3. The number of amides is 1. The summed E-state index contributed by atoms with van der Waals surface area (Å²) in [4.78, 5) is 12.0. The van der Waals surface area contributed by atoms with Crippen LogP contribution in [0.25, 0.3) is 0 Å². The Kier molecular flexibility index (Phi) is 6.24. The van der Waals surface area contributed by atoms with Gasteiger partial charge in [0.2, 0.25) is 0 Å². The van der Waals surface area contributed by atoms with Crippen LogP contribution in [0.15, 0.2) is 42.5 Å². The van der Waals surface area contributed by atoms with Gasteiger partial charge in [-0.05, 0) is 47.7 Å². The minimum Gasteiger partial charge on any atom is -0.497 e. The lowest BCUT2D eigenvalue weighted by Gasteiger charge is -2.15. The summed E-state index contributed by atoms with van der Waals surface area (Å²) < 4.78 is 10.9. The molecule has 0 aliphatic rings. The molecule has 0 saturated carbocycles. The zero-order valence-corrected chi connectivity index (χ0v) is 14.8. The molecule has 0 aliphatic carbocycles. The molecule has 2 aromatic rings. The first kappa shape index (κ1) is 17.9. The molecule has 0 heterocycles. The van der Waals surface area contributed by atoms with E-state index in [1.807, 2.05) is 37.3 Å². The number of ether oxygens (including phenoxy) is 2. The second-order valence-corrected chi connectivity index (χ2v) is 6.11. The number of methoxy groups -OCH3 is 1. The Morgan fingerprint density at radius 1 is 1.17 bits per heavy atom. The van der Waals surface area contributed by atoms with Crippen molar-refractivity contribution in [2.75, 3.05) is 13.7 Å². The topological polar surface area (TPSA) is 47.6 Å². The quantitative estimate of drug-likeness (QED) is 0.841. The van der Waals surface area contributed by atoms with E-state index in [2.05, 4.69) is 31.3 Å². The fourth-order valence-electron chi connectivity index (χ4n) is 2.42. The molecule has 0 atom stereocenters. The third kappa shape index (κ3) is 5.01. The number of benzene rings is 2. The number of rotatable bonds is 7. The average molecular weight is 327 g/mol. The molecule has 0 radical (unpaired) electrons. The van der Waals surface area contributed by atoms with Crippen molar-refractivity contribution in [3.8, 4) is 11.5 Å². The highest BCUT2D eigenvalue weighted by molar-refractivity contribution is 5.77. The van der Waals surface area contributed by atoms with Gasteiger partial charge in [-0.1, -0.05) is 38.1 Å². The van der Waals surface area contributed by atoms with Crippen LogP contribution in [0.4, 0.5) is 0 Å². The van der Waals surface area contributed by atoms with Crippen LogP contribution in [-0.2, 0) is 11.3 Å². The second-order valence-electron chi connectivity index (χ2n) is 6.11. The summed E-state index contributed by atoms with van der Waals surface area (Å²) >= 11 is 0. The summed E-state index contributed by atoms with van der Waals surface area (Å²) in [5.41, 5.74) is 3.22. The molecule has 0 spiro atoms. The maximum absolute atomic E-state index is 12.0. The Balaban J connectivity index is 1.90. The van der Waals surface area contributed by atoms with Gasteiger partial charge in [-0.15, -0.1) is 0 Å². The van der Waals surface area contributed by atoms with Gasteiger partial charge in [0, 0.05) is 6.54 Å². The normalized spacial score (nSPS) is 10.5. The van der Waals surface area contributed by atoms with Crippen molar-refractivity contribution in [1.82, 2.24) is 5.32 Å². The molecule has 4 heteroatoms. The summed E-state index contributed by atoms with van der Waals surface area (Å²) in [5, 5.41) is 2.86. The van der Waals surface area contributed by atoms with Crippen molar-refractivity contribution in [2.24, 2.45) is 0 Å². The predicted molar refractivity (Wildman–Crippen MR) is 95.6 cm³/mol. The van der Waals surface area contributed by atoms with Crippen LogP contribution in [0.2, 0.25) is 0 Å². The van der Waals surface area contributed by atoms with Crippen LogP contribution >= 0.6 is 0 Å². The zero-order valence-electron chi connectivity index (χ0n) is 14.8. The largest absolute Gasteiger partial charge is 0.497 e. The standard InChI is InChI=1S/C20H25NO3/c1-14(2)18-9-8-15(3)10-19(18)24-13-20(22)21-12-16-6-5-7-17(11-16)23-4/h5-11,14H,12-13H2,1-4H3,(H,21,22). The van der Waals surface area contributed by atoms with Gasteiger partial charge >= 0.3 is 0 Å². The van der Waals surface area contributed by atoms with E-state index in [0.717, 1.165) is 28.2 Å². The van der Waals surface area contributed by atoms with Gasteiger partial charge in [0.05, 0.1) is 7.11 Å². The number of aryl methyl sites for hydroxylation is 1. The van der Waals surface area contributed by atoms with E-state index in [0.29, 0.717) is 12.5 Å². The minimum absolute atomic E-state index is 0.00709. The molecule has 2 rings (SSSR count). The SMILES string of the molecule is COc1cccc(CNC(=O)COc2cc(C)ccc2C(C)C)c1.